The molecule has 7 heteroatoms. The van der Waals surface area contributed by atoms with Crippen LogP contribution < -0.4 is 14.8 Å². The number of methoxy groups -OCH3 is 1. The number of allylic oxidation sites excluding steroid dienone is 1. The first-order valence-corrected chi connectivity index (χ1v) is 8.01. The predicted molar refractivity (Wildman–Crippen MR) is 98.2 cm³/mol. The van der Waals surface area contributed by atoms with Crippen LogP contribution in [0.15, 0.2) is 42.5 Å². The Morgan fingerprint density at radius 2 is 1.96 bits per heavy atom. The summed E-state index contributed by atoms with van der Waals surface area (Å²) < 4.78 is 23.8. The number of anilines is 1. The Bertz CT molecular complexity index is 851. The van der Waals surface area contributed by atoms with Gasteiger partial charge < -0.3 is 14.8 Å². The molecule has 0 saturated carbocycles. The summed E-state index contributed by atoms with van der Waals surface area (Å²) in [4.78, 5) is 23.0. The number of rotatable bonds is 7. The highest BCUT2D eigenvalue weighted by molar-refractivity contribution is 6.31. The number of hydrogen-bond acceptors (Lipinski definition) is 4. The number of carbonyl (C=O) groups excluding carboxylic acids is 2. The fourth-order valence-corrected chi connectivity index (χ4v) is 2.22. The summed E-state index contributed by atoms with van der Waals surface area (Å²) in [7, 11) is 1.48. The third-order valence-corrected chi connectivity index (χ3v) is 3.55. The van der Waals surface area contributed by atoms with Gasteiger partial charge in [-0.05, 0) is 48.9 Å². The second-order valence-corrected chi connectivity index (χ2v) is 5.73. The van der Waals surface area contributed by atoms with Crippen LogP contribution >= 0.6 is 11.6 Å². The minimum Gasteiger partial charge on any atom is -0.493 e. The van der Waals surface area contributed by atoms with E-state index in [2.05, 4.69) is 5.32 Å². The molecule has 0 aliphatic heterocycles. The molecule has 0 fully saturated rings. The molecule has 0 aromatic heterocycles. The van der Waals surface area contributed by atoms with Gasteiger partial charge in [-0.15, -0.1) is 0 Å². The molecule has 2 rings (SSSR count). The number of benzene rings is 2. The van der Waals surface area contributed by atoms with Crippen LogP contribution in [0.4, 0.5) is 10.1 Å². The molecule has 0 saturated heterocycles. The summed E-state index contributed by atoms with van der Waals surface area (Å²) in [6.45, 7) is 1.16. The lowest BCUT2D eigenvalue weighted by molar-refractivity contribution is -0.118. The fraction of sp³-hybridized carbons (Fsp3) is 0.158. The normalized spacial score (nSPS) is 10.6. The number of halogens is 2. The second-order valence-electron chi connectivity index (χ2n) is 5.32. The van der Waals surface area contributed by atoms with Gasteiger partial charge in [-0.1, -0.05) is 23.7 Å². The van der Waals surface area contributed by atoms with E-state index in [1.807, 2.05) is 0 Å². The van der Waals surface area contributed by atoms with Gasteiger partial charge >= 0.3 is 0 Å². The molecule has 0 spiro atoms. The van der Waals surface area contributed by atoms with Crippen molar-refractivity contribution in [1.82, 2.24) is 0 Å². The molecule has 1 amide bonds. The minimum atomic E-state index is -0.568. The third kappa shape index (κ3) is 5.60. The molecule has 0 bridgehead atoms. The molecule has 0 aliphatic carbocycles. The highest BCUT2D eigenvalue weighted by Gasteiger charge is 2.10. The van der Waals surface area contributed by atoms with Gasteiger partial charge in [0.1, 0.15) is 5.82 Å². The lowest BCUT2D eigenvalue weighted by Gasteiger charge is -2.12. The maximum atomic E-state index is 13.1. The molecular weight excluding hydrogens is 361 g/mol. The molecule has 0 heterocycles. The van der Waals surface area contributed by atoms with E-state index < -0.39 is 11.7 Å². The Morgan fingerprint density at radius 3 is 2.62 bits per heavy atom. The zero-order chi connectivity index (χ0) is 19.1. The van der Waals surface area contributed by atoms with Crippen LogP contribution in [-0.4, -0.2) is 25.4 Å². The quantitative estimate of drug-likeness (QED) is 0.737. The molecule has 2 aromatic carbocycles. The number of ketones is 1. The highest BCUT2D eigenvalue weighted by Crippen LogP contribution is 2.28. The van der Waals surface area contributed by atoms with Gasteiger partial charge in [0.25, 0.3) is 5.91 Å². The molecule has 1 N–H and O–H groups in total. The van der Waals surface area contributed by atoms with Gasteiger partial charge in [0.05, 0.1) is 12.1 Å². The maximum Gasteiger partial charge on any atom is 0.262 e. The van der Waals surface area contributed by atoms with Crippen molar-refractivity contribution in [2.45, 2.75) is 6.92 Å². The van der Waals surface area contributed by atoms with Crippen molar-refractivity contribution >= 4 is 35.1 Å². The Kier molecular flexibility index (Phi) is 6.74. The van der Waals surface area contributed by atoms with Gasteiger partial charge in [-0.3, -0.25) is 9.59 Å². The van der Waals surface area contributed by atoms with E-state index in [4.69, 9.17) is 21.1 Å². The number of carbonyl (C=O) groups is 2. The van der Waals surface area contributed by atoms with Crippen LogP contribution in [0.5, 0.6) is 11.5 Å². The smallest absolute Gasteiger partial charge is 0.262 e. The molecule has 0 aliphatic rings. The Labute approximate surface area is 155 Å². The molecule has 26 heavy (non-hydrogen) atoms. The van der Waals surface area contributed by atoms with E-state index in [1.165, 1.54) is 32.2 Å². The minimum absolute atomic E-state index is 0.0828. The predicted octanol–water partition coefficient (Wildman–Crippen LogP) is 4.11. The van der Waals surface area contributed by atoms with E-state index in [9.17, 15) is 14.0 Å². The van der Waals surface area contributed by atoms with Crippen LogP contribution in [0.25, 0.3) is 6.08 Å². The van der Waals surface area contributed by atoms with Crippen molar-refractivity contribution in [2.24, 2.45) is 0 Å². The molecular formula is C19H17ClFNO4. The number of hydrogen-bond donors (Lipinski definition) is 1. The first-order valence-electron chi connectivity index (χ1n) is 7.63. The molecule has 136 valence electrons. The van der Waals surface area contributed by atoms with Crippen molar-refractivity contribution in [2.75, 3.05) is 19.0 Å². The lowest BCUT2D eigenvalue weighted by atomic mass is 10.1. The first-order chi connectivity index (χ1) is 12.4. The van der Waals surface area contributed by atoms with Crippen LogP contribution in [0.2, 0.25) is 5.02 Å². The van der Waals surface area contributed by atoms with Crippen molar-refractivity contribution in [1.29, 1.82) is 0 Å². The van der Waals surface area contributed by atoms with E-state index in [-0.39, 0.29) is 17.4 Å². The molecule has 2 aromatic rings. The number of nitrogens with one attached hydrogen (secondary N) is 1. The van der Waals surface area contributed by atoms with E-state index in [1.54, 1.807) is 24.3 Å². The first kappa shape index (κ1) is 19.5. The van der Waals surface area contributed by atoms with Gasteiger partial charge in [-0.2, -0.15) is 0 Å². The average molecular weight is 378 g/mol. The van der Waals surface area contributed by atoms with Gasteiger partial charge in [-0.25, -0.2) is 4.39 Å². The highest BCUT2D eigenvalue weighted by atomic mass is 35.5. The largest absolute Gasteiger partial charge is 0.493 e. The number of amides is 1. The zero-order valence-corrected chi connectivity index (χ0v) is 15.0. The van der Waals surface area contributed by atoms with Gasteiger partial charge in [0.2, 0.25) is 0 Å². The molecule has 0 atom stereocenters. The number of ether oxygens (including phenoxy) is 2. The Balaban J connectivity index is 2.04. The van der Waals surface area contributed by atoms with Crippen molar-refractivity contribution in [3.63, 3.8) is 0 Å². The van der Waals surface area contributed by atoms with Gasteiger partial charge in [0, 0.05) is 5.69 Å². The summed E-state index contributed by atoms with van der Waals surface area (Å²) >= 11 is 5.67. The monoisotopic (exact) mass is 377 g/mol. The summed E-state index contributed by atoms with van der Waals surface area (Å²) in [5.74, 6) is -0.297. The maximum absolute atomic E-state index is 13.1. The van der Waals surface area contributed by atoms with Crippen LogP contribution in [0, 0.1) is 5.82 Å². The van der Waals surface area contributed by atoms with Crippen molar-refractivity contribution < 1.29 is 23.5 Å². The standard InChI is InChI=1S/C19H17ClFNO4/c1-12(23)3-4-13-5-8-17(25-2)18(9-13)26-11-19(24)22-14-6-7-16(21)15(20)10-14/h3-10H,11H2,1-2H3,(H,22,24)/b4-3+. The Hall–Kier alpha value is -2.86. The van der Waals surface area contributed by atoms with Crippen molar-refractivity contribution in [3.05, 3.63) is 58.9 Å². The molecule has 0 radical (unpaired) electrons. The topological polar surface area (TPSA) is 64.6 Å². The second kappa shape index (κ2) is 9.01. The summed E-state index contributed by atoms with van der Waals surface area (Å²) in [6.07, 6.45) is 3.06. The zero-order valence-electron chi connectivity index (χ0n) is 14.2. The fourth-order valence-electron chi connectivity index (χ4n) is 2.04. The van der Waals surface area contributed by atoms with Crippen molar-refractivity contribution in [3.8, 4) is 11.5 Å². The SMILES string of the molecule is COc1ccc(/C=C/C(C)=O)cc1OCC(=O)Nc1ccc(F)c(Cl)c1. The van der Waals surface area contributed by atoms with Gasteiger partial charge in [0.15, 0.2) is 23.9 Å². The molecule has 0 unspecified atom stereocenters. The summed E-state index contributed by atoms with van der Waals surface area (Å²) in [5, 5.41) is 2.47. The third-order valence-electron chi connectivity index (χ3n) is 3.26. The van der Waals surface area contributed by atoms with Crippen LogP contribution in [0.1, 0.15) is 12.5 Å². The van der Waals surface area contributed by atoms with E-state index in [0.29, 0.717) is 17.2 Å². The Morgan fingerprint density at radius 1 is 1.19 bits per heavy atom. The summed E-state index contributed by atoms with van der Waals surface area (Å²) in [6, 6.07) is 8.95. The lowest BCUT2D eigenvalue weighted by Crippen LogP contribution is -2.20. The van der Waals surface area contributed by atoms with E-state index >= 15 is 0 Å². The van der Waals surface area contributed by atoms with Crippen LogP contribution in [0.3, 0.4) is 0 Å². The average Bonchev–Trinajstić information content (AvgIpc) is 2.61. The van der Waals surface area contributed by atoms with Crippen LogP contribution in [-0.2, 0) is 9.59 Å². The van der Waals surface area contributed by atoms with E-state index in [0.717, 1.165) is 11.6 Å². The molecule has 5 nitrogen and oxygen atoms in total. The summed E-state index contributed by atoms with van der Waals surface area (Å²) in [5.41, 5.74) is 1.08.